The van der Waals surface area contributed by atoms with E-state index in [9.17, 15) is 24.5 Å². The summed E-state index contributed by atoms with van der Waals surface area (Å²) in [5.74, 6) is -1.66. The average Bonchev–Trinajstić information content (AvgIpc) is 3.26. The summed E-state index contributed by atoms with van der Waals surface area (Å²) in [7, 11) is 0. The van der Waals surface area contributed by atoms with Crippen LogP contribution < -0.4 is 16.0 Å². The van der Waals surface area contributed by atoms with Crippen molar-refractivity contribution in [2.24, 2.45) is 5.73 Å². The van der Waals surface area contributed by atoms with E-state index in [0.29, 0.717) is 18.5 Å². The van der Waals surface area contributed by atoms with Gasteiger partial charge in [0.05, 0.1) is 22.2 Å². The monoisotopic (exact) mass is 396 g/mol. The van der Waals surface area contributed by atoms with Gasteiger partial charge in [-0.1, -0.05) is 30.3 Å². The van der Waals surface area contributed by atoms with E-state index >= 15 is 0 Å². The zero-order chi connectivity index (χ0) is 21.0. The molecule has 3 rings (SSSR count). The fourth-order valence-corrected chi connectivity index (χ4v) is 3.32. The molecule has 1 atom stereocenters. The number of hydrogen-bond donors (Lipinski definition) is 2. The van der Waals surface area contributed by atoms with Gasteiger partial charge in [-0.25, -0.2) is 0 Å². The molecule has 0 aromatic heterocycles. The molecule has 2 aromatic carbocycles. The first-order chi connectivity index (χ1) is 13.9. The van der Waals surface area contributed by atoms with Gasteiger partial charge in [0, 0.05) is 17.7 Å². The molecule has 0 aliphatic carbocycles. The number of anilines is 1. The van der Waals surface area contributed by atoms with Gasteiger partial charge in [0.2, 0.25) is 11.8 Å². The van der Waals surface area contributed by atoms with Crippen molar-refractivity contribution in [2.45, 2.75) is 18.9 Å². The predicted octanol–water partition coefficient (Wildman–Crippen LogP) is 1.40. The Balaban J connectivity index is 2.11. The third kappa shape index (κ3) is 4.46. The summed E-state index contributed by atoms with van der Waals surface area (Å²) in [5.41, 5.74) is 5.42. The van der Waals surface area contributed by atoms with E-state index < -0.39 is 35.1 Å². The van der Waals surface area contributed by atoms with Crippen LogP contribution in [-0.2, 0) is 9.59 Å². The lowest BCUT2D eigenvalue weighted by molar-refractivity contribution is -0.384. The molecule has 29 heavy (non-hydrogen) atoms. The molecule has 0 radical (unpaired) electrons. The molecule has 0 bridgehead atoms. The predicted molar refractivity (Wildman–Crippen MR) is 106 cm³/mol. The van der Waals surface area contributed by atoms with Crippen LogP contribution in [0.4, 0.5) is 11.4 Å². The topological polar surface area (TPSA) is 136 Å². The van der Waals surface area contributed by atoms with E-state index in [2.05, 4.69) is 5.32 Å². The lowest BCUT2D eigenvalue weighted by Gasteiger charge is -2.26. The Morgan fingerprint density at radius 1 is 1.17 bits per heavy atom. The van der Waals surface area contributed by atoms with Crippen LogP contribution in [0.15, 0.2) is 48.5 Å². The number of benzene rings is 2. The molecule has 1 saturated heterocycles. The second-order valence-electron chi connectivity index (χ2n) is 6.69. The molecule has 1 fully saturated rings. The molecule has 0 saturated carbocycles. The minimum absolute atomic E-state index is 0.0435. The molecule has 1 aliphatic rings. The normalized spacial score (nSPS) is 15.7. The van der Waals surface area contributed by atoms with Crippen LogP contribution in [0.2, 0.25) is 0 Å². The third-order valence-electron chi connectivity index (χ3n) is 4.70. The van der Waals surface area contributed by atoms with Crippen molar-refractivity contribution in [3.05, 3.63) is 69.8 Å². The Morgan fingerprint density at radius 2 is 1.90 bits per heavy atom. The molecule has 0 unspecified atom stereocenters. The Morgan fingerprint density at radius 3 is 2.48 bits per heavy atom. The van der Waals surface area contributed by atoms with E-state index in [4.69, 9.17) is 5.73 Å². The van der Waals surface area contributed by atoms with Crippen molar-refractivity contribution in [1.82, 2.24) is 5.32 Å². The second-order valence-corrected chi connectivity index (χ2v) is 6.69. The zero-order valence-corrected chi connectivity index (χ0v) is 15.5. The van der Waals surface area contributed by atoms with Gasteiger partial charge in [0.1, 0.15) is 6.54 Å². The zero-order valence-electron chi connectivity index (χ0n) is 15.5. The number of ketones is 1. The summed E-state index contributed by atoms with van der Waals surface area (Å²) in [4.78, 5) is 49.5. The summed E-state index contributed by atoms with van der Waals surface area (Å²) in [6.07, 6.45) is 1.39. The first-order valence-corrected chi connectivity index (χ1v) is 9.09. The number of nitro groups is 1. The largest absolute Gasteiger partial charge is 0.368 e. The fraction of sp³-hybridized carbons (Fsp3) is 0.250. The van der Waals surface area contributed by atoms with Crippen molar-refractivity contribution in [1.29, 1.82) is 0 Å². The van der Waals surface area contributed by atoms with Crippen LogP contribution in [0, 0.1) is 10.1 Å². The van der Waals surface area contributed by atoms with Crippen molar-refractivity contribution >= 4 is 29.0 Å². The van der Waals surface area contributed by atoms with Gasteiger partial charge < -0.3 is 16.0 Å². The van der Waals surface area contributed by atoms with Crippen molar-refractivity contribution in [3.8, 4) is 0 Å². The summed E-state index contributed by atoms with van der Waals surface area (Å²) in [5, 5.41) is 14.3. The van der Waals surface area contributed by atoms with Crippen LogP contribution in [-0.4, -0.2) is 41.7 Å². The van der Waals surface area contributed by atoms with E-state index in [0.717, 1.165) is 17.4 Å². The number of nitro benzene ring substituents is 1. The molecule has 150 valence electrons. The summed E-state index contributed by atoms with van der Waals surface area (Å²) < 4.78 is 0. The maximum absolute atomic E-state index is 13.1. The van der Waals surface area contributed by atoms with Crippen LogP contribution in [0.5, 0.6) is 0 Å². The minimum Gasteiger partial charge on any atom is -0.368 e. The number of nitrogens with zero attached hydrogens (tertiary/aromatic N) is 2. The van der Waals surface area contributed by atoms with Crippen LogP contribution in [0.25, 0.3) is 0 Å². The maximum Gasteiger partial charge on any atom is 0.270 e. The highest BCUT2D eigenvalue weighted by atomic mass is 16.6. The van der Waals surface area contributed by atoms with E-state index in [1.54, 1.807) is 30.3 Å². The van der Waals surface area contributed by atoms with Crippen LogP contribution in [0.3, 0.4) is 0 Å². The highest BCUT2D eigenvalue weighted by molar-refractivity contribution is 6.15. The third-order valence-corrected chi connectivity index (χ3v) is 4.70. The van der Waals surface area contributed by atoms with Gasteiger partial charge in [-0.05, 0) is 25.5 Å². The van der Waals surface area contributed by atoms with E-state index in [-0.39, 0.29) is 16.9 Å². The van der Waals surface area contributed by atoms with Gasteiger partial charge in [0.15, 0.2) is 5.78 Å². The number of hydrogen-bond acceptors (Lipinski definition) is 6. The van der Waals surface area contributed by atoms with Gasteiger partial charge >= 0.3 is 0 Å². The molecule has 9 nitrogen and oxygen atoms in total. The molecule has 1 aliphatic heterocycles. The number of rotatable bonds is 7. The smallest absolute Gasteiger partial charge is 0.270 e. The first-order valence-electron chi connectivity index (χ1n) is 9.09. The molecule has 0 spiro atoms. The molecular formula is C20H20N4O5. The van der Waals surface area contributed by atoms with Crippen molar-refractivity contribution in [2.75, 3.05) is 18.0 Å². The van der Waals surface area contributed by atoms with Gasteiger partial charge in [-0.2, -0.15) is 0 Å². The lowest BCUT2D eigenvalue weighted by atomic mass is 9.99. The molecule has 2 aromatic rings. The first kappa shape index (κ1) is 20.2. The Hall–Kier alpha value is -3.59. The standard InChI is InChI=1S/C20H20N4O5/c21-18(25)12-23(20(27)16-7-4-10-22-16)17-9-8-14(24(28)29)11-15(17)19(26)13-5-2-1-3-6-13/h1-3,5-6,8-9,11,16,22H,4,7,10,12H2,(H2,21,25)/t16-/m0/s1. The highest BCUT2D eigenvalue weighted by Crippen LogP contribution is 2.29. The number of primary amides is 1. The molecule has 9 heteroatoms. The Labute approximate surface area is 166 Å². The number of carbonyl (C=O) groups excluding carboxylic acids is 3. The second kappa shape index (κ2) is 8.61. The van der Waals surface area contributed by atoms with E-state index in [1.165, 1.54) is 12.1 Å². The maximum atomic E-state index is 13.1. The van der Waals surface area contributed by atoms with Crippen molar-refractivity contribution in [3.63, 3.8) is 0 Å². The van der Waals surface area contributed by atoms with Gasteiger partial charge in [-0.15, -0.1) is 0 Å². The highest BCUT2D eigenvalue weighted by Gasteiger charge is 2.31. The quantitative estimate of drug-likeness (QED) is 0.412. The molecule has 3 N–H and O–H groups in total. The van der Waals surface area contributed by atoms with E-state index in [1.807, 2.05) is 0 Å². The Kier molecular flexibility index (Phi) is 5.99. The van der Waals surface area contributed by atoms with Crippen molar-refractivity contribution < 1.29 is 19.3 Å². The number of non-ortho nitro benzene ring substituents is 1. The molecule has 2 amide bonds. The minimum atomic E-state index is -0.757. The fourth-order valence-electron chi connectivity index (χ4n) is 3.32. The number of nitrogens with two attached hydrogens (primary N) is 1. The van der Waals surface area contributed by atoms with Gasteiger partial charge in [-0.3, -0.25) is 24.5 Å². The SMILES string of the molecule is NC(=O)CN(C(=O)[C@@H]1CCCN1)c1ccc([N+](=O)[O-])cc1C(=O)c1ccccc1. The number of amides is 2. The number of nitrogens with one attached hydrogen (secondary N) is 1. The summed E-state index contributed by atoms with van der Waals surface area (Å²) in [6.45, 7) is 0.223. The molecule has 1 heterocycles. The summed E-state index contributed by atoms with van der Waals surface area (Å²) >= 11 is 0. The average molecular weight is 396 g/mol. The number of carbonyl (C=O) groups is 3. The molecular weight excluding hydrogens is 376 g/mol. The van der Waals surface area contributed by atoms with Crippen LogP contribution in [0.1, 0.15) is 28.8 Å². The van der Waals surface area contributed by atoms with Gasteiger partial charge in [0.25, 0.3) is 5.69 Å². The summed E-state index contributed by atoms with van der Waals surface area (Å²) in [6, 6.07) is 11.3. The Bertz CT molecular complexity index is 955. The van der Waals surface area contributed by atoms with Crippen LogP contribution >= 0.6 is 0 Å². The lowest BCUT2D eigenvalue weighted by Crippen LogP contribution is -2.47.